The Morgan fingerprint density at radius 2 is 1.58 bits per heavy atom. The Morgan fingerprint density at radius 3 is 2.16 bits per heavy atom. The van der Waals surface area contributed by atoms with Crippen LogP contribution in [0.4, 0.5) is 0 Å². The molecular weight excluding hydrogens is 386 g/mol. The van der Waals surface area contributed by atoms with E-state index in [0.717, 1.165) is 22.3 Å². The van der Waals surface area contributed by atoms with Gasteiger partial charge in [-0.25, -0.2) is 0 Å². The lowest BCUT2D eigenvalue weighted by molar-refractivity contribution is -0.132. The molecule has 0 aliphatic rings. The summed E-state index contributed by atoms with van der Waals surface area (Å²) < 4.78 is 5.48. The minimum absolute atomic E-state index is 0.00945. The molecule has 3 aromatic carbocycles. The third-order valence-electron chi connectivity index (χ3n) is 5.28. The van der Waals surface area contributed by atoms with E-state index in [4.69, 9.17) is 4.52 Å². The van der Waals surface area contributed by atoms with Crippen molar-refractivity contribution in [3.8, 4) is 11.4 Å². The summed E-state index contributed by atoms with van der Waals surface area (Å²) in [4.78, 5) is 19.9. The molecular formula is C26H25N3O2. The SMILES string of the molecule is CCN(Cc1nc(-c2cccc(C)c2)no1)C(=O)C(c1ccccc1)c1ccccc1. The first-order valence-electron chi connectivity index (χ1n) is 10.4. The van der Waals surface area contributed by atoms with E-state index >= 15 is 0 Å². The molecule has 1 heterocycles. The van der Waals surface area contributed by atoms with Gasteiger partial charge < -0.3 is 9.42 Å². The Kier molecular flexibility index (Phi) is 6.22. The highest BCUT2D eigenvalue weighted by molar-refractivity contribution is 5.87. The van der Waals surface area contributed by atoms with Crippen LogP contribution in [0, 0.1) is 6.92 Å². The van der Waals surface area contributed by atoms with Gasteiger partial charge in [0.05, 0.1) is 5.92 Å². The second-order valence-electron chi connectivity index (χ2n) is 7.49. The highest BCUT2D eigenvalue weighted by atomic mass is 16.5. The maximum atomic E-state index is 13.6. The second-order valence-corrected chi connectivity index (χ2v) is 7.49. The Morgan fingerprint density at radius 1 is 0.935 bits per heavy atom. The third kappa shape index (κ3) is 4.72. The predicted octanol–water partition coefficient (Wildman–Crippen LogP) is 5.23. The fourth-order valence-corrected chi connectivity index (χ4v) is 3.68. The highest BCUT2D eigenvalue weighted by Crippen LogP contribution is 2.27. The number of amides is 1. The summed E-state index contributed by atoms with van der Waals surface area (Å²) >= 11 is 0. The van der Waals surface area contributed by atoms with Gasteiger partial charge in [0.25, 0.3) is 0 Å². The predicted molar refractivity (Wildman–Crippen MR) is 120 cm³/mol. The summed E-state index contributed by atoms with van der Waals surface area (Å²) in [7, 11) is 0. The van der Waals surface area contributed by atoms with E-state index in [9.17, 15) is 4.79 Å². The van der Waals surface area contributed by atoms with E-state index in [1.807, 2.05) is 98.8 Å². The lowest BCUT2D eigenvalue weighted by Crippen LogP contribution is -2.35. The number of aryl methyl sites for hydroxylation is 1. The van der Waals surface area contributed by atoms with E-state index in [0.29, 0.717) is 18.3 Å². The zero-order chi connectivity index (χ0) is 21.6. The van der Waals surface area contributed by atoms with Gasteiger partial charge in [0, 0.05) is 12.1 Å². The first-order chi connectivity index (χ1) is 15.2. The van der Waals surface area contributed by atoms with Crippen molar-refractivity contribution in [2.75, 3.05) is 6.54 Å². The number of nitrogens with zero attached hydrogens (tertiary/aromatic N) is 3. The molecule has 0 aliphatic carbocycles. The molecule has 0 N–H and O–H groups in total. The smallest absolute Gasteiger partial charge is 0.246 e. The topological polar surface area (TPSA) is 59.2 Å². The molecule has 156 valence electrons. The van der Waals surface area contributed by atoms with Crippen LogP contribution in [-0.4, -0.2) is 27.5 Å². The molecule has 0 saturated carbocycles. The number of rotatable bonds is 7. The lowest BCUT2D eigenvalue weighted by atomic mass is 9.90. The largest absolute Gasteiger partial charge is 0.337 e. The van der Waals surface area contributed by atoms with Crippen molar-refractivity contribution >= 4 is 5.91 Å². The molecule has 0 saturated heterocycles. The van der Waals surface area contributed by atoms with Crippen LogP contribution in [-0.2, 0) is 11.3 Å². The summed E-state index contributed by atoms with van der Waals surface area (Å²) in [5.74, 6) is 0.577. The number of hydrogen-bond acceptors (Lipinski definition) is 4. The van der Waals surface area contributed by atoms with Gasteiger partial charge in [-0.3, -0.25) is 4.79 Å². The van der Waals surface area contributed by atoms with Crippen LogP contribution in [0.3, 0.4) is 0 Å². The van der Waals surface area contributed by atoms with Gasteiger partial charge in [0.15, 0.2) is 0 Å². The van der Waals surface area contributed by atoms with E-state index in [2.05, 4.69) is 10.1 Å². The van der Waals surface area contributed by atoms with Crippen LogP contribution in [0.5, 0.6) is 0 Å². The lowest BCUT2D eigenvalue weighted by Gasteiger charge is -2.26. The van der Waals surface area contributed by atoms with Crippen molar-refractivity contribution in [3.63, 3.8) is 0 Å². The minimum Gasteiger partial charge on any atom is -0.337 e. The van der Waals surface area contributed by atoms with E-state index < -0.39 is 0 Å². The van der Waals surface area contributed by atoms with Crippen molar-refractivity contribution in [3.05, 3.63) is 108 Å². The van der Waals surface area contributed by atoms with Crippen LogP contribution >= 0.6 is 0 Å². The average Bonchev–Trinajstić information content (AvgIpc) is 3.28. The number of benzene rings is 3. The van der Waals surface area contributed by atoms with Crippen LogP contribution < -0.4 is 0 Å². The van der Waals surface area contributed by atoms with Gasteiger partial charge in [0.1, 0.15) is 6.54 Å². The fourth-order valence-electron chi connectivity index (χ4n) is 3.68. The van der Waals surface area contributed by atoms with Gasteiger partial charge in [-0.1, -0.05) is 89.6 Å². The van der Waals surface area contributed by atoms with Crippen molar-refractivity contribution < 1.29 is 9.32 Å². The molecule has 0 atom stereocenters. The number of aromatic nitrogens is 2. The van der Waals surface area contributed by atoms with Gasteiger partial charge >= 0.3 is 0 Å². The fraction of sp³-hybridized carbons (Fsp3) is 0.192. The molecule has 0 bridgehead atoms. The van der Waals surface area contributed by atoms with Crippen molar-refractivity contribution in [1.82, 2.24) is 15.0 Å². The standard InChI is InChI=1S/C26H25N3O2/c1-3-29(18-23-27-25(28-31-23)22-16-10-11-19(2)17-22)26(30)24(20-12-6-4-7-13-20)21-14-8-5-9-15-21/h4-17,24H,3,18H2,1-2H3. The van der Waals surface area contributed by atoms with E-state index in [1.165, 1.54) is 0 Å². The number of hydrogen-bond donors (Lipinski definition) is 0. The molecule has 5 heteroatoms. The van der Waals surface area contributed by atoms with Crippen LogP contribution in [0.1, 0.15) is 35.4 Å². The number of likely N-dealkylation sites (N-methyl/N-ethyl adjacent to an activating group) is 1. The van der Waals surface area contributed by atoms with Crippen LogP contribution in [0.25, 0.3) is 11.4 Å². The van der Waals surface area contributed by atoms with Crippen LogP contribution in [0.2, 0.25) is 0 Å². The molecule has 1 aromatic heterocycles. The molecule has 0 unspecified atom stereocenters. The highest BCUT2D eigenvalue weighted by Gasteiger charge is 2.28. The molecule has 1 amide bonds. The van der Waals surface area contributed by atoms with Crippen molar-refractivity contribution in [1.29, 1.82) is 0 Å². The normalized spacial score (nSPS) is 10.9. The van der Waals surface area contributed by atoms with Gasteiger partial charge in [-0.2, -0.15) is 4.98 Å². The molecule has 4 aromatic rings. The average molecular weight is 412 g/mol. The van der Waals surface area contributed by atoms with Crippen molar-refractivity contribution in [2.45, 2.75) is 26.3 Å². The van der Waals surface area contributed by atoms with Crippen molar-refractivity contribution in [2.24, 2.45) is 0 Å². The monoisotopic (exact) mass is 411 g/mol. The number of carbonyl (C=O) groups excluding carboxylic acids is 1. The Bertz CT molecular complexity index is 1100. The van der Waals surface area contributed by atoms with Crippen LogP contribution in [0.15, 0.2) is 89.5 Å². The molecule has 31 heavy (non-hydrogen) atoms. The third-order valence-corrected chi connectivity index (χ3v) is 5.28. The summed E-state index contributed by atoms with van der Waals surface area (Å²) in [6, 6.07) is 27.7. The van der Waals surface area contributed by atoms with E-state index in [-0.39, 0.29) is 18.4 Å². The zero-order valence-electron chi connectivity index (χ0n) is 17.7. The summed E-state index contributed by atoms with van der Waals surface area (Å²) in [5.41, 5.74) is 3.95. The minimum atomic E-state index is -0.387. The Labute approximate surface area is 182 Å². The maximum absolute atomic E-state index is 13.6. The molecule has 0 spiro atoms. The quantitative estimate of drug-likeness (QED) is 0.418. The summed E-state index contributed by atoms with van der Waals surface area (Å²) in [5, 5.41) is 4.11. The Hall–Kier alpha value is -3.73. The van der Waals surface area contributed by atoms with Gasteiger partial charge in [-0.05, 0) is 31.0 Å². The second kappa shape index (κ2) is 9.39. The Balaban J connectivity index is 1.60. The molecule has 0 fully saturated rings. The molecule has 0 aliphatic heterocycles. The zero-order valence-corrected chi connectivity index (χ0v) is 17.7. The first-order valence-corrected chi connectivity index (χ1v) is 10.4. The maximum Gasteiger partial charge on any atom is 0.246 e. The molecule has 4 rings (SSSR count). The summed E-state index contributed by atoms with van der Waals surface area (Å²) in [6.07, 6.45) is 0. The summed E-state index contributed by atoms with van der Waals surface area (Å²) in [6.45, 7) is 4.79. The first kappa shape index (κ1) is 20.5. The number of carbonyl (C=O) groups is 1. The molecule has 0 radical (unpaired) electrons. The molecule has 5 nitrogen and oxygen atoms in total. The van der Waals surface area contributed by atoms with Gasteiger partial charge in [0.2, 0.25) is 17.6 Å². The van der Waals surface area contributed by atoms with Gasteiger partial charge in [-0.15, -0.1) is 0 Å². The van der Waals surface area contributed by atoms with E-state index in [1.54, 1.807) is 4.90 Å².